The predicted octanol–water partition coefficient (Wildman–Crippen LogP) is 9.70. The molecule has 41 heavy (non-hydrogen) atoms. The Morgan fingerprint density at radius 1 is 0.634 bits per heavy atom. The van der Waals surface area contributed by atoms with Gasteiger partial charge in [-0.15, -0.1) is 0 Å². The minimum atomic E-state index is 0.675. The molecule has 0 fully saturated rings. The Bertz CT molecular complexity index is 1900. The van der Waals surface area contributed by atoms with E-state index in [2.05, 4.69) is 85.0 Å². The summed E-state index contributed by atoms with van der Waals surface area (Å²) < 4.78 is 0. The van der Waals surface area contributed by atoms with Crippen molar-refractivity contribution in [2.75, 3.05) is 0 Å². The Morgan fingerprint density at radius 3 is 1.95 bits per heavy atom. The molecule has 0 amide bonds. The van der Waals surface area contributed by atoms with Gasteiger partial charge >= 0.3 is 0 Å². The average molecular weight is 529 g/mol. The zero-order valence-corrected chi connectivity index (χ0v) is 22.8. The molecule has 0 aliphatic heterocycles. The largest absolute Gasteiger partial charge is 0.262 e. The Morgan fingerprint density at radius 2 is 1.27 bits per heavy atom. The molecule has 0 bridgehead atoms. The van der Waals surface area contributed by atoms with Crippen LogP contribution in [0.5, 0.6) is 0 Å². The molecule has 0 saturated heterocycles. The summed E-state index contributed by atoms with van der Waals surface area (Å²) in [5.74, 6) is 0.675. The Kier molecular flexibility index (Phi) is 7.12. The van der Waals surface area contributed by atoms with Crippen LogP contribution in [-0.2, 0) is 0 Å². The summed E-state index contributed by atoms with van der Waals surface area (Å²) in [6.45, 7) is 9.63. The Labute approximate surface area is 240 Å². The van der Waals surface area contributed by atoms with E-state index in [1.807, 2.05) is 61.5 Å². The van der Waals surface area contributed by atoms with Crippen molar-refractivity contribution >= 4 is 35.5 Å². The van der Waals surface area contributed by atoms with Gasteiger partial charge in [-0.25, -0.2) is 15.0 Å². The molecule has 0 atom stereocenters. The summed E-state index contributed by atoms with van der Waals surface area (Å²) >= 11 is 0. The lowest BCUT2D eigenvalue weighted by Crippen LogP contribution is -1.95. The molecule has 0 radical (unpaired) electrons. The molecule has 6 rings (SSSR count). The minimum absolute atomic E-state index is 0.675. The van der Waals surface area contributed by atoms with E-state index >= 15 is 0 Å². The van der Waals surface area contributed by atoms with Crippen molar-refractivity contribution < 1.29 is 0 Å². The number of aromatic nitrogens is 3. The maximum Gasteiger partial charge on any atom is 0.160 e. The van der Waals surface area contributed by atoms with Gasteiger partial charge in [-0.3, -0.25) is 4.99 Å². The van der Waals surface area contributed by atoms with Crippen LogP contribution in [0, 0.1) is 0 Å². The molecule has 0 aliphatic carbocycles. The number of pyridine rings is 1. The van der Waals surface area contributed by atoms with E-state index in [9.17, 15) is 0 Å². The standard InChI is InChI=1S/C37H28N4/c1-4-9-32-24-34(29-15-13-27(14-16-29)26-10-7-6-8-11-26)41-37(39-32)31-20-17-28(18-21-31)33-23-22-30-19-12-25(5-2)35(38-3)36(30)40-33/h4-24H,2-3H2,1H3/b9-4+. The minimum Gasteiger partial charge on any atom is -0.262 e. The van der Waals surface area contributed by atoms with E-state index in [-0.39, 0.29) is 0 Å². The van der Waals surface area contributed by atoms with E-state index in [4.69, 9.17) is 15.0 Å². The van der Waals surface area contributed by atoms with Crippen molar-refractivity contribution in [3.8, 4) is 45.0 Å². The van der Waals surface area contributed by atoms with Gasteiger partial charge in [0.2, 0.25) is 0 Å². The van der Waals surface area contributed by atoms with Crippen LogP contribution < -0.4 is 0 Å². The van der Waals surface area contributed by atoms with Gasteiger partial charge in [0.05, 0.1) is 28.3 Å². The summed E-state index contributed by atoms with van der Waals surface area (Å²) in [5.41, 5.74) is 10.4. The second-order valence-electron chi connectivity index (χ2n) is 9.66. The number of rotatable bonds is 7. The second kappa shape index (κ2) is 11.3. The number of benzene rings is 4. The van der Waals surface area contributed by atoms with Crippen LogP contribution in [0.4, 0.5) is 5.69 Å². The van der Waals surface area contributed by atoms with Crippen LogP contribution in [0.3, 0.4) is 0 Å². The van der Waals surface area contributed by atoms with Crippen LogP contribution in [0.25, 0.3) is 68.1 Å². The third-order valence-corrected chi connectivity index (χ3v) is 7.05. The van der Waals surface area contributed by atoms with Gasteiger partial charge in [-0.1, -0.05) is 116 Å². The lowest BCUT2D eigenvalue weighted by atomic mass is 10.0. The van der Waals surface area contributed by atoms with Crippen molar-refractivity contribution in [3.63, 3.8) is 0 Å². The number of allylic oxidation sites excluding steroid dienone is 1. The molecule has 0 N–H and O–H groups in total. The molecule has 4 heteroatoms. The highest BCUT2D eigenvalue weighted by atomic mass is 14.9. The third kappa shape index (κ3) is 5.23. The number of fused-ring (bicyclic) bond motifs is 1. The zero-order valence-electron chi connectivity index (χ0n) is 22.8. The van der Waals surface area contributed by atoms with Gasteiger partial charge in [-0.2, -0.15) is 0 Å². The lowest BCUT2D eigenvalue weighted by Gasteiger charge is -2.10. The molecule has 2 aromatic heterocycles. The maximum atomic E-state index is 4.95. The molecule has 0 spiro atoms. The fourth-order valence-electron chi connectivity index (χ4n) is 4.93. The molecule has 0 aliphatic rings. The van der Waals surface area contributed by atoms with E-state index in [1.165, 1.54) is 11.1 Å². The van der Waals surface area contributed by atoms with E-state index < -0.39 is 0 Å². The third-order valence-electron chi connectivity index (χ3n) is 7.05. The van der Waals surface area contributed by atoms with Crippen molar-refractivity contribution in [3.05, 3.63) is 133 Å². The SMILES string of the molecule is C=Cc1ccc2ccc(-c3ccc(-c4nc(/C=C/C)cc(-c5ccc(-c6ccccc6)cc5)n4)cc3)nc2c1N=C. The fourth-order valence-corrected chi connectivity index (χ4v) is 4.93. The van der Waals surface area contributed by atoms with Crippen LogP contribution >= 0.6 is 0 Å². The van der Waals surface area contributed by atoms with Crippen LogP contribution in [0.15, 0.2) is 127 Å². The molecule has 196 valence electrons. The molecule has 6 aromatic rings. The predicted molar refractivity (Wildman–Crippen MR) is 173 cm³/mol. The van der Waals surface area contributed by atoms with Gasteiger partial charge in [0.25, 0.3) is 0 Å². The van der Waals surface area contributed by atoms with Crippen molar-refractivity contribution in [1.82, 2.24) is 15.0 Å². The van der Waals surface area contributed by atoms with Crippen LogP contribution in [0.1, 0.15) is 18.2 Å². The van der Waals surface area contributed by atoms with Crippen molar-refractivity contribution in [2.24, 2.45) is 4.99 Å². The molecule has 0 saturated carbocycles. The van der Waals surface area contributed by atoms with Crippen LogP contribution in [0.2, 0.25) is 0 Å². The maximum absolute atomic E-state index is 4.95. The monoisotopic (exact) mass is 528 g/mol. The number of hydrogen-bond acceptors (Lipinski definition) is 4. The molecule has 0 unspecified atom stereocenters. The summed E-state index contributed by atoms with van der Waals surface area (Å²) in [5, 5.41) is 1.01. The van der Waals surface area contributed by atoms with Crippen molar-refractivity contribution in [2.45, 2.75) is 6.92 Å². The van der Waals surface area contributed by atoms with Crippen molar-refractivity contribution in [1.29, 1.82) is 0 Å². The zero-order chi connectivity index (χ0) is 28.2. The first-order chi connectivity index (χ1) is 20.2. The summed E-state index contributed by atoms with van der Waals surface area (Å²) in [6.07, 6.45) is 5.77. The van der Waals surface area contributed by atoms with Gasteiger partial charge in [0.15, 0.2) is 5.82 Å². The van der Waals surface area contributed by atoms with Crippen LogP contribution in [-0.4, -0.2) is 21.7 Å². The highest BCUT2D eigenvalue weighted by Gasteiger charge is 2.11. The summed E-state index contributed by atoms with van der Waals surface area (Å²) in [7, 11) is 0. The number of hydrogen-bond donors (Lipinski definition) is 0. The fraction of sp³-hybridized carbons (Fsp3) is 0.0270. The smallest absolute Gasteiger partial charge is 0.160 e. The van der Waals surface area contributed by atoms with E-state index in [0.717, 1.165) is 55.9 Å². The first-order valence-corrected chi connectivity index (χ1v) is 13.5. The molecular formula is C37H28N4. The van der Waals surface area contributed by atoms with Gasteiger partial charge < -0.3 is 0 Å². The molecular weight excluding hydrogens is 500 g/mol. The number of aliphatic imine (C=N–C) groups is 1. The molecule has 4 aromatic carbocycles. The molecule has 4 nitrogen and oxygen atoms in total. The topological polar surface area (TPSA) is 51.0 Å². The highest BCUT2D eigenvalue weighted by Crippen LogP contribution is 2.32. The summed E-state index contributed by atoms with van der Waals surface area (Å²) in [4.78, 5) is 18.9. The average Bonchev–Trinajstić information content (AvgIpc) is 3.04. The Balaban J connectivity index is 1.35. The van der Waals surface area contributed by atoms with Gasteiger partial charge in [0.1, 0.15) is 0 Å². The van der Waals surface area contributed by atoms with Gasteiger partial charge in [-0.05, 0) is 43.0 Å². The normalized spacial score (nSPS) is 11.1. The second-order valence-corrected chi connectivity index (χ2v) is 9.66. The first-order valence-electron chi connectivity index (χ1n) is 13.5. The summed E-state index contributed by atoms with van der Waals surface area (Å²) in [6, 6.07) is 37.2. The van der Waals surface area contributed by atoms with Gasteiger partial charge in [0, 0.05) is 27.6 Å². The Hall–Kier alpha value is -5.48. The quantitative estimate of drug-likeness (QED) is 0.194. The van der Waals surface area contributed by atoms with E-state index in [1.54, 1.807) is 6.08 Å². The first kappa shape index (κ1) is 25.8. The molecule has 2 heterocycles. The highest BCUT2D eigenvalue weighted by molar-refractivity contribution is 5.95. The lowest BCUT2D eigenvalue weighted by molar-refractivity contribution is 1.16. The van der Waals surface area contributed by atoms with E-state index in [0.29, 0.717) is 5.82 Å². The number of nitrogens with zero attached hydrogens (tertiary/aromatic N) is 4.